The third-order valence-corrected chi connectivity index (χ3v) is 4.19. The number of aromatic nitrogens is 2. The molecule has 2 aromatic heterocycles. The van der Waals surface area contributed by atoms with Gasteiger partial charge in [0.05, 0.1) is 12.1 Å². The van der Waals surface area contributed by atoms with Crippen molar-refractivity contribution in [2.45, 2.75) is 26.2 Å². The summed E-state index contributed by atoms with van der Waals surface area (Å²) in [5.41, 5.74) is 6.20. The summed E-state index contributed by atoms with van der Waals surface area (Å²) in [5, 5.41) is 5.67. The molecule has 2 rings (SSSR count). The second-order valence-electron chi connectivity index (χ2n) is 4.12. The molecule has 0 saturated carbocycles. The molecule has 0 aliphatic carbocycles. The van der Waals surface area contributed by atoms with E-state index in [0.717, 1.165) is 4.88 Å². The van der Waals surface area contributed by atoms with Crippen LogP contribution >= 0.6 is 22.7 Å². The summed E-state index contributed by atoms with van der Waals surface area (Å²) in [6, 6.07) is 0. The first-order valence-corrected chi connectivity index (χ1v) is 7.19. The Morgan fingerprint density at radius 2 is 2.33 bits per heavy atom. The van der Waals surface area contributed by atoms with E-state index < -0.39 is 0 Å². The predicted octanol–water partition coefficient (Wildman–Crippen LogP) is 2.49. The highest BCUT2D eigenvalue weighted by molar-refractivity contribution is 7.15. The maximum atomic E-state index is 11.7. The number of nitrogen functional groups attached to an aromatic ring is 1. The van der Waals surface area contributed by atoms with Gasteiger partial charge in [-0.05, 0) is 5.92 Å². The average Bonchev–Trinajstić information content (AvgIpc) is 2.88. The van der Waals surface area contributed by atoms with Crippen molar-refractivity contribution in [3.8, 4) is 0 Å². The lowest BCUT2D eigenvalue weighted by atomic mass is 10.2. The van der Waals surface area contributed by atoms with E-state index in [1.807, 2.05) is 0 Å². The normalized spacial score (nSPS) is 10.8. The van der Waals surface area contributed by atoms with E-state index in [1.165, 1.54) is 22.7 Å². The van der Waals surface area contributed by atoms with Gasteiger partial charge in [-0.2, -0.15) is 0 Å². The van der Waals surface area contributed by atoms with Crippen LogP contribution in [-0.2, 0) is 11.2 Å². The number of nitrogens with two attached hydrogens (primary N) is 1. The summed E-state index contributed by atoms with van der Waals surface area (Å²) in [7, 11) is 0. The minimum Gasteiger partial charge on any atom is -0.375 e. The number of thiazole rings is 2. The zero-order chi connectivity index (χ0) is 13.1. The molecule has 96 valence electrons. The molecular formula is C11H14N4OS2. The number of nitrogens with one attached hydrogen (secondary N) is 1. The standard InChI is InChI=1S/C11H14N4OS2/c1-6(2)8-4-13-11(18-8)15-9(16)3-7-5-17-10(12)14-7/h4-6H,3H2,1-2H3,(H2,12,14)(H,13,15,16). The molecule has 0 aliphatic heterocycles. The smallest absolute Gasteiger partial charge is 0.232 e. The Kier molecular flexibility index (Phi) is 3.93. The molecule has 0 fully saturated rings. The van der Waals surface area contributed by atoms with Gasteiger partial charge in [0.1, 0.15) is 0 Å². The van der Waals surface area contributed by atoms with Crippen LogP contribution in [-0.4, -0.2) is 15.9 Å². The Morgan fingerprint density at radius 1 is 1.56 bits per heavy atom. The Bertz CT molecular complexity index is 547. The average molecular weight is 282 g/mol. The second kappa shape index (κ2) is 5.45. The number of hydrogen-bond acceptors (Lipinski definition) is 6. The van der Waals surface area contributed by atoms with Crippen molar-refractivity contribution in [2.24, 2.45) is 0 Å². The quantitative estimate of drug-likeness (QED) is 0.902. The highest BCUT2D eigenvalue weighted by Gasteiger charge is 2.10. The summed E-state index contributed by atoms with van der Waals surface area (Å²) >= 11 is 2.83. The summed E-state index contributed by atoms with van der Waals surface area (Å²) in [5.74, 6) is 0.302. The predicted molar refractivity (Wildman–Crippen MR) is 75.1 cm³/mol. The number of rotatable bonds is 4. The van der Waals surface area contributed by atoms with E-state index >= 15 is 0 Å². The summed E-state index contributed by atoms with van der Waals surface area (Å²) < 4.78 is 0. The molecule has 0 bridgehead atoms. The molecule has 2 aromatic rings. The fourth-order valence-electron chi connectivity index (χ4n) is 1.34. The number of carbonyl (C=O) groups is 1. The zero-order valence-electron chi connectivity index (χ0n) is 10.1. The third-order valence-electron chi connectivity index (χ3n) is 2.25. The first kappa shape index (κ1) is 13.0. The molecule has 0 saturated heterocycles. The number of nitrogens with zero attached hydrogens (tertiary/aromatic N) is 2. The van der Waals surface area contributed by atoms with Gasteiger partial charge in [-0.25, -0.2) is 9.97 Å². The topological polar surface area (TPSA) is 80.9 Å². The van der Waals surface area contributed by atoms with Crippen molar-refractivity contribution in [1.29, 1.82) is 0 Å². The van der Waals surface area contributed by atoms with Crippen LogP contribution in [0.1, 0.15) is 30.3 Å². The lowest BCUT2D eigenvalue weighted by molar-refractivity contribution is -0.115. The maximum Gasteiger partial charge on any atom is 0.232 e. The highest BCUT2D eigenvalue weighted by Crippen LogP contribution is 2.25. The Balaban J connectivity index is 1.94. The van der Waals surface area contributed by atoms with Crippen molar-refractivity contribution in [1.82, 2.24) is 9.97 Å². The van der Waals surface area contributed by atoms with Crippen molar-refractivity contribution < 1.29 is 4.79 Å². The van der Waals surface area contributed by atoms with E-state index in [1.54, 1.807) is 11.6 Å². The van der Waals surface area contributed by atoms with Gasteiger partial charge >= 0.3 is 0 Å². The molecule has 0 spiro atoms. The van der Waals surface area contributed by atoms with Crippen molar-refractivity contribution in [2.75, 3.05) is 11.1 Å². The fraction of sp³-hybridized carbons (Fsp3) is 0.364. The van der Waals surface area contributed by atoms with Crippen LogP contribution in [0.4, 0.5) is 10.3 Å². The van der Waals surface area contributed by atoms with Crippen molar-refractivity contribution in [3.63, 3.8) is 0 Å². The van der Waals surface area contributed by atoms with E-state index in [9.17, 15) is 4.79 Å². The molecule has 0 aliphatic rings. The largest absolute Gasteiger partial charge is 0.375 e. The minimum absolute atomic E-state index is 0.120. The van der Waals surface area contributed by atoms with Gasteiger partial charge < -0.3 is 11.1 Å². The van der Waals surface area contributed by atoms with Gasteiger partial charge in [-0.1, -0.05) is 13.8 Å². The Labute approximate surface area is 113 Å². The molecule has 0 unspecified atom stereocenters. The van der Waals surface area contributed by atoms with Crippen LogP contribution in [0.2, 0.25) is 0 Å². The van der Waals surface area contributed by atoms with Gasteiger partial charge in [-0.15, -0.1) is 22.7 Å². The maximum absolute atomic E-state index is 11.7. The SMILES string of the molecule is CC(C)c1cnc(NC(=O)Cc2csc(N)n2)s1. The molecule has 0 aromatic carbocycles. The first-order chi connectivity index (χ1) is 8.54. The number of hydrogen-bond donors (Lipinski definition) is 2. The van der Waals surface area contributed by atoms with Crippen LogP contribution < -0.4 is 11.1 Å². The van der Waals surface area contributed by atoms with Gasteiger partial charge in [0.2, 0.25) is 5.91 Å². The number of amides is 1. The monoisotopic (exact) mass is 282 g/mol. The van der Waals surface area contributed by atoms with Crippen LogP contribution in [0.25, 0.3) is 0 Å². The second-order valence-corrected chi connectivity index (χ2v) is 6.08. The van der Waals surface area contributed by atoms with Gasteiger partial charge in [-0.3, -0.25) is 4.79 Å². The van der Waals surface area contributed by atoms with E-state index in [2.05, 4.69) is 29.1 Å². The Hall–Kier alpha value is -1.47. The number of anilines is 2. The van der Waals surface area contributed by atoms with Crippen molar-refractivity contribution in [3.05, 3.63) is 22.1 Å². The van der Waals surface area contributed by atoms with E-state index in [4.69, 9.17) is 5.73 Å². The third kappa shape index (κ3) is 3.27. The van der Waals surface area contributed by atoms with Crippen LogP contribution in [0, 0.1) is 0 Å². The molecule has 5 nitrogen and oxygen atoms in total. The van der Waals surface area contributed by atoms with Gasteiger partial charge in [0, 0.05) is 16.5 Å². The first-order valence-electron chi connectivity index (χ1n) is 5.50. The zero-order valence-corrected chi connectivity index (χ0v) is 11.8. The molecule has 7 heteroatoms. The summed E-state index contributed by atoms with van der Waals surface area (Å²) in [4.78, 5) is 21.1. The lowest BCUT2D eigenvalue weighted by Crippen LogP contribution is -2.14. The Morgan fingerprint density at radius 3 is 2.89 bits per heavy atom. The molecule has 3 N–H and O–H groups in total. The van der Waals surface area contributed by atoms with E-state index in [-0.39, 0.29) is 12.3 Å². The van der Waals surface area contributed by atoms with Crippen LogP contribution in [0.5, 0.6) is 0 Å². The van der Waals surface area contributed by atoms with Crippen LogP contribution in [0.15, 0.2) is 11.6 Å². The number of carbonyl (C=O) groups excluding carboxylic acids is 1. The molecular weight excluding hydrogens is 268 g/mol. The molecule has 2 heterocycles. The van der Waals surface area contributed by atoms with Gasteiger partial charge in [0.25, 0.3) is 0 Å². The fourth-order valence-corrected chi connectivity index (χ4v) is 2.74. The molecule has 18 heavy (non-hydrogen) atoms. The minimum atomic E-state index is -0.120. The van der Waals surface area contributed by atoms with Crippen LogP contribution in [0.3, 0.4) is 0 Å². The summed E-state index contributed by atoms with van der Waals surface area (Å²) in [6.07, 6.45) is 2.02. The molecule has 1 amide bonds. The lowest BCUT2D eigenvalue weighted by Gasteiger charge is -1.99. The summed E-state index contributed by atoms with van der Waals surface area (Å²) in [6.45, 7) is 4.19. The highest BCUT2D eigenvalue weighted by atomic mass is 32.1. The van der Waals surface area contributed by atoms with Crippen molar-refractivity contribution >= 4 is 38.8 Å². The van der Waals surface area contributed by atoms with E-state index in [0.29, 0.717) is 21.9 Å². The molecule has 0 atom stereocenters. The molecule has 0 radical (unpaired) electrons. The van der Waals surface area contributed by atoms with Gasteiger partial charge in [0.15, 0.2) is 10.3 Å².